The van der Waals surface area contributed by atoms with Crippen LogP contribution >= 0.6 is 0 Å². The van der Waals surface area contributed by atoms with Crippen LogP contribution in [0.4, 0.5) is 0 Å². The molecular weight excluding hydrogens is 214 g/mol. The van der Waals surface area contributed by atoms with Gasteiger partial charge in [-0.05, 0) is 20.3 Å². The predicted octanol–water partition coefficient (Wildman–Crippen LogP) is 0.975. The average Bonchev–Trinajstić information content (AvgIpc) is 2.34. The van der Waals surface area contributed by atoms with Crippen LogP contribution in [0.25, 0.3) is 0 Å². The Balaban J connectivity index is 2.29. The Bertz CT molecular complexity index is 233. The standard InChI is InChI=1S/C13H27N3O/c1-4-5-6-7-15-13(17)12(3)16-9-8-14-10-11(16)2/h11-12,14H,4-10H2,1-3H3,(H,15,17). The van der Waals surface area contributed by atoms with Crippen molar-refractivity contribution in [2.24, 2.45) is 0 Å². The minimum Gasteiger partial charge on any atom is -0.355 e. The summed E-state index contributed by atoms with van der Waals surface area (Å²) in [6, 6.07) is 0.439. The minimum atomic E-state index is -0.00581. The van der Waals surface area contributed by atoms with Gasteiger partial charge in [0.25, 0.3) is 0 Å². The molecule has 0 aromatic rings. The number of carbonyl (C=O) groups is 1. The van der Waals surface area contributed by atoms with Crippen LogP contribution in [-0.2, 0) is 4.79 Å². The van der Waals surface area contributed by atoms with Crippen LogP contribution in [-0.4, -0.2) is 49.1 Å². The van der Waals surface area contributed by atoms with Gasteiger partial charge < -0.3 is 10.6 Å². The van der Waals surface area contributed by atoms with Crippen LogP contribution in [0.3, 0.4) is 0 Å². The zero-order valence-corrected chi connectivity index (χ0v) is 11.5. The highest BCUT2D eigenvalue weighted by molar-refractivity contribution is 5.81. The highest BCUT2D eigenvalue weighted by Gasteiger charge is 2.27. The fourth-order valence-corrected chi connectivity index (χ4v) is 2.32. The number of unbranched alkanes of at least 4 members (excludes halogenated alkanes) is 2. The van der Waals surface area contributed by atoms with Gasteiger partial charge in [0.1, 0.15) is 0 Å². The van der Waals surface area contributed by atoms with Crippen molar-refractivity contribution in [2.75, 3.05) is 26.2 Å². The fourth-order valence-electron chi connectivity index (χ4n) is 2.32. The second-order valence-corrected chi connectivity index (χ2v) is 4.97. The Hall–Kier alpha value is -0.610. The normalized spacial score (nSPS) is 23.4. The largest absolute Gasteiger partial charge is 0.355 e. The van der Waals surface area contributed by atoms with Crippen molar-refractivity contribution in [1.29, 1.82) is 0 Å². The van der Waals surface area contributed by atoms with Crippen LogP contribution in [0.5, 0.6) is 0 Å². The number of nitrogens with one attached hydrogen (secondary N) is 2. The molecule has 0 bridgehead atoms. The number of hydrogen-bond acceptors (Lipinski definition) is 3. The third-order valence-corrected chi connectivity index (χ3v) is 3.51. The quantitative estimate of drug-likeness (QED) is 0.681. The summed E-state index contributed by atoms with van der Waals surface area (Å²) in [5, 5.41) is 6.38. The summed E-state index contributed by atoms with van der Waals surface area (Å²) >= 11 is 0. The monoisotopic (exact) mass is 241 g/mol. The van der Waals surface area contributed by atoms with Gasteiger partial charge in [0.15, 0.2) is 0 Å². The molecule has 0 radical (unpaired) electrons. The van der Waals surface area contributed by atoms with Crippen molar-refractivity contribution in [3.8, 4) is 0 Å². The van der Waals surface area contributed by atoms with E-state index in [1.165, 1.54) is 12.8 Å². The molecule has 0 aromatic carbocycles. The molecule has 1 rings (SSSR count). The molecule has 1 saturated heterocycles. The van der Waals surface area contributed by atoms with Crippen molar-refractivity contribution >= 4 is 5.91 Å². The van der Waals surface area contributed by atoms with E-state index in [4.69, 9.17) is 0 Å². The zero-order chi connectivity index (χ0) is 12.7. The number of hydrogen-bond donors (Lipinski definition) is 2. The molecule has 0 aliphatic carbocycles. The van der Waals surface area contributed by atoms with E-state index in [1.807, 2.05) is 6.92 Å². The van der Waals surface area contributed by atoms with Crippen LogP contribution in [0, 0.1) is 0 Å². The molecular formula is C13H27N3O. The maximum atomic E-state index is 12.0. The van der Waals surface area contributed by atoms with Gasteiger partial charge >= 0.3 is 0 Å². The summed E-state index contributed by atoms with van der Waals surface area (Å²) in [6.07, 6.45) is 3.48. The summed E-state index contributed by atoms with van der Waals surface area (Å²) in [6.45, 7) is 10.1. The van der Waals surface area contributed by atoms with Crippen LogP contribution in [0.1, 0.15) is 40.0 Å². The minimum absolute atomic E-state index is 0.00581. The van der Waals surface area contributed by atoms with E-state index in [0.29, 0.717) is 6.04 Å². The predicted molar refractivity (Wildman–Crippen MR) is 71.0 cm³/mol. The third kappa shape index (κ3) is 4.64. The second kappa shape index (κ2) is 7.67. The molecule has 17 heavy (non-hydrogen) atoms. The first-order valence-electron chi connectivity index (χ1n) is 6.91. The number of carbonyl (C=O) groups excluding carboxylic acids is 1. The van der Waals surface area contributed by atoms with Gasteiger partial charge in [-0.2, -0.15) is 0 Å². The van der Waals surface area contributed by atoms with Gasteiger partial charge in [-0.3, -0.25) is 9.69 Å². The topological polar surface area (TPSA) is 44.4 Å². The second-order valence-electron chi connectivity index (χ2n) is 4.97. The molecule has 0 spiro atoms. The summed E-state index contributed by atoms with van der Waals surface area (Å²) in [5.41, 5.74) is 0. The first-order valence-corrected chi connectivity index (χ1v) is 6.91. The first kappa shape index (κ1) is 14.5. The van der Waals surface area contributed by atoms with Crippen molar-refractivity contribution in [2.45, 2.75) is 52.1 Å². The first-order chi connectivity index (χ1) is 8.16. The molecule has 2 unspecified atom stereocenters. The Morgan fingerprint density at radius 2 is 2.29 bits per heavy atom. The molecule has 2 N–H and O–H groups in total. The van der Waals surface area contributed by atoms with Gasteiger partial charge in [-0.15, -0.1) is 0 Å². The van der Waals surface area contributed by atoms with E-state index in [1.54, 1.807) is 0 Å². The van der Waals surface area contributed by atoms with E-state index >= 15 is 0 Å². The average molecular weight is 241 g/mol. The molecule has 100 valence electrons. The SMILES string of the molecule is CCCCCNC(=O)C(C)N1CCNCC1C. The molecule has 1 amide bonds. The summed E-state index contributed by atoms with van der Waals surface area (Å²) in [4.78, 5) is 14.3. The van der Waals surface area contributed by atoms with E-state index in [-0.39, 0.29) is 11.9 Å². The van der Waals surface area contributed by atoms with Crippen LogP contribution < -0.4 is 10.6 Å². The lowest BCUT2D eigenvalue weighted by Crippen LogP contribution is -2.57. The lowest BCUT2D eigenvalue weighted by molar-refractivity contribution is -0.127. The van der Waals surface area contributed by atoms with Crippen molar-refractivity contribution in [3.63, 3.8) is 0 Å². The lowest BCUT2D eigenvalue weighted by atomic mass is 10.1. The molecule has 1 aliphatic rings. The van der Waals surface area contributed by atoms with Gasteiger partial charge in [0.2, 0.25) is 5.91 Å². The van der Waals surface area contributed by atoms with Crippen molar-refractivity contribution < 1.29 is 4.79 Å². The van der Waals surface area contributed by atoms with Gasteiger partial charge in [0, 0.05) is 32.2 Å². The number of amides is 1. The highest BCUT2D eigenvalue weighted by Crippen LogP contribution is 2.08. The molecule has 2 atom stereocenters. The maximum Gasteiger partial charge on any atom is 0.237 e. The molecule has 0 saturated carbocycles. The zero-order valence-electron chi connectivity index (χ0n) is 11.5. The molecule has 4 heteroatoms. The maximum absolute atomic E-state index is 12.0. The van der Waals surface area contributed by atoms with Crippen molar-refractivity contribution in [3.05, 3.63) is 0 Å². The smallest absolute Gasteiger partial charge is 0.237 e. The molecule has 1 aliphatic heterocycles. The Labute approximate surface area is 105 Å². The molecule has 1 heterocycles. The van der Waals surface area contributed by atoms with Gasteiger partial charge in [0.05, 0.1) is 6.04 Å². The summed E-state index contributed by atoms with van der Waals surface area (Å²) in [5.74, 6) is 0.176. The van der Waals surface area contributed by atoms with Crippen LogP contribution in [0.15, 0.2) is 0 Å². The Morgan fingerprint density at radius 1 is 1.53 bits per heavy atom. The van der Waals surface area contributed by atoms with Gasteiger partial charge in [-0.1, -0.05) is 19.8 Å². The Kier molecular flexibility index (Phi) is 6.52. The van der Waals surface area contributed by atoms with E-state index in [0.717, 1.165) is 32.6 Å². The molecule has 4 nitrogen and oxygen atoms in total. The third-order valence-electron chi connectivity index (χ3n) is 3.51. The summed E-state index contributed by atoms with van der Waals surface area (Å²) in [7, 11) is 0. The van der Waals surface area contributed by atoms with Crippen molar-refractivity contribution in [1.82, 2.24) is 15.5 Å². The summed E-state index contributed by atoms with van der Waals surface area (Å²) < 4.78 is 0. The number of nitrogens with zero attached hydrogens (tertiary/aromatic N) is 1. The van der Waals surface area contributed by atoms with E-state index < -0.39 is 0 Å². The fraction of sp³-hybridized carbons (Fsp3) is 0.923. The lowest BCUT2D eigenvalue weighted by Gasteiger charge is -2.37. The Morgan fingerprint density at radius 3 is 2.94 bits per heavy atom. The molecule has 1 fully saturated rings. The van der Waals surface area contributed by atoms with E-state index in [2.05, 4.69) is 29.4 Å². The highest BCUT2D eigenvalue weighted by atomic mass is 16.2. The number of piperazine rings is 1. The van der Waals surface area contributed by atoms with E-state index in [9.17, 15) is 4.79 Å². The molecule has 0 aromatic heterocycles. The number of rotatable bonds is 6. The van der Waals surface area contributed by atoms with Crippen LogP contribution in [0.2, 0.25) is 0 Å². The van der Waals surface area contributed by atoms with Gasteiger partial charge in [-0.25, -0.2) is 0 Å².